The van der Waals surface area contributed by atoms with E-state index in [1.54, 1.807) is 0 Å². The van der Waals surface area contributed by atoms with E-state index in [1.807, 2.05) is 5.32 Å². The number of nitrogens with one attached hydrogen (secondary N) is 2. The number of rotatable bonds is 5. The lowest BCUT2D eigenvalue weighted by Crippen LogP contribution is -2.57. The van der Waals surface area contributed by atoms with Gasteiger partial charge in [0.15, 0.2) is 0 Å². The van der Waals surface area contributed by atoms with Crippen molar-refractivity contribution < 1.29 is 23.1 Å². The number of carbonyl (C=O) groups is 1. The molecular weight excluding hydrogens is 285 g/mol. The number of hydrogen-bond acceptors (Lipinski definition) is 3. The molecule has 0 aliphatic heterocycles. The lowest BCUT2D eigenvalue weighted by molar-refractivity contribution is -0.138. The normalized spacial score (nSPS) is 29.2. The van der Waals surface area contributed by atoms with E-state index in [0.29, 0.717) is 18.8 Å². The number of halogens is 3. The summed E-state index contributed by atoms with van der Waals surface area (Å²) in [7, 11) is 0. The highest BCUT2D eigenvalue weighted by atomic mass is 19.4. The van der Waals surface area contributed by atoms with Gasteiger partial charge in [0, 0.05) is 5.54 Å². The monoisotopic (exact) mass is 310 g/mol. The molecule has 21 heavy (non-hydrogen) atoms. The van der Waals surface area contributed by atoms with Crippen LogP contribution in [0, 0.1) is 11.3 Å². The summed E-state index contributed by atoms with van der Waals surface area (Å²) in [6.07, 6.45) is -1.99. The van der Waals surface area contributed by atoms with Gasteiger partial charge in [-0.15, -0.1) is 0 Å². The van der Waals surface area contributed by atoms with E-state index < -0.39 is 24.2 Å². The van der Waals surface area contributed by atoms with Gasteiger partial charge >= 0.3 is 6.18 Å². The Labute approximate surface area is 123 Å². The minimum atomic E-state index is -4.41. The summed E-state index contributed by atoms with van der Waals surface area (Å²) in [5, 5.41) is 14.5. The van der Waals surface area contributed by atoms with Crippen LogP contribution in [0.4, 0.5) is 13.2 Å². The van der Waals surface area contributed by atoms with Gasteiger partial charge in [-0.2, -0.15) is 13.2 Å². The van der Waals surface area contributed by atoms with E-state index in [1.165, 1.54) is 0 Å². The van der Waals surface area contributed by atoms with Crippen molar-refractivity contribution in [1.29, 1.82) is 0 Å². The van der Waals surface area contributed by atoms with Crippen molar-refractivity contribution >= 4 is 5.91 Å². The molecular formula is C14H25F3N2O2. The van der Waals surface area contributed by atoms with Crippen LogP contribution in [0.15, 0.2) is 0 Å². The molecule has 0 saturated heterocycles. The molecule has 124 valence electrons. The second-order valence-electron chi connectivity index (χ2n) is 7.04. The molecule has 0 aromatic heterocycles. The Morgan fingerprint density at radius 1 is 1.33 bits per heavy atom. The third-order valence-corrected chi connectivity index (χ3v) is 3.87. The summed E-state index contributed by atoms with van der Waals surface area (Å²) in [5.41, 5.74) is -0.577. The Balaban J connectivity index is 2.55. The number of alkyl halides is 3. The fourth-order valence-corrected chi connectivity index (χ4v) is 3.58. The van der Waals surface area contributed by atoms with E-state index >= 15 is 0 Å². The zero-order valence-electron chi connectivity index (χ0n) is 12.8. The zero-order valence-corrected chi connectivity index (χ0v) is 12.8. The first kappa shape index (κ1) is 18.2. The van der Waals surface area contributed by atoms with Crippen LogP contribution < -0.4 is 10.6 Å². The van der Waals surface area contributed by atoms with Gasteiger partial charge in [-0.3, -0.25) is 4.79 Å². The number of aliphatic hydroxyl groups is 1. The fourth-order valence-electron chi connectivity index (χ4n) is 3.58. The summed E-state index contributed by atoms with van der Waals surface area (Å²) in [4.78, 5) is 11.5. The average Bonchev–Trinajstić information content (AvgIpc) is 2.30. The first-order valence-corrected chi connectivity index (χ1v) is 7.16. The molecule has 0 spiro atoms. The smallest absolute Gasteiger partial charge is 0.394 e. The molecule has 0 unspecified atom stereocenters. The number of amides is 1. The van der Waals surface area contributed by atoms with Crippen molar-refractivity contribution in [3.05, 3.63) is 0 Å². The molecule has 1 saturated carbocycles. The van der Waals surface area contributed by atoms with Gasteiger partial charge < -0.3 is 15.7 Å². The third-order valence-electron chi connectivity index (χ3n) is 3.87. The second-order valence-corrected chi connectivity index (χ2v) is 7.04. The summed E-state index contributed by atoms with van der Waals surface area (Å²) < 4.78 is 36.1. The van der Waals surface area contributed by atoms with Crippen LogP contribution in [0.3, 0.4) is 0 Å². The molecule has 0 bridgehead atoms. The molecule has 1 fully saturated rings. The van der Waals surface area contributed by atoms with Crippen LogP contribution in [-0.2, 0) is 4.79 Å². The molecule has 0 heterocycles. The van der Waals surface area contributed by atoms with E-state index in [9.17, 15) is 23.1 Å². The number of aliphatic hydroxyl groups excluding tert-OH is 1. The topological polar surface area (TPSA) is 61.4 Å². The number of hydrogen-bond donors (Lipinski definition) is 3. The van der Waals surface area contributed by atoms with Crippen LogP contribution in [-0.4, -0.2) is 42.4 Å². The molecule has 2 atom stereocenters. The quantitative estimate of drug-likeness (QED) is 0.726. The molecule has 0 radical (unpaired) electrons. The van der Waals surface area contributed by atoms with Crippen molar-refractivity contribution in [3.63, 3.8) is 0 Å². The largest absolute Gasteiger partial charge is 0.405 e. The predicted octanol–water partition coefficient (Wildman–Crippen LogP) is 1.83. The summed E-state index contributed by atoms with van der Waals surface area (Å²) >= 11 is 0. The Morgan fingerprint density at radius 3 is 2.43 bits per heavy atom. The van der Waals surface area contributed by atoms with Gasteiger partial charge in [0.05, 0.1) is 13.2 Å². The molecule has 7 heteroatoms. The van der Waals surface area contributed by atoms with Crippen molar-refractivity contribution in [2.24, 2.45) is 11.3 Å². The average molecular weight is 310 g/mol. The second kappa shape index (κ2) is 6.52. The molecule has 3 N–H and O–H groups in total. The van der Waals surface area contributed by atoms with E-state index in [0.717, 1.165) is 6.42 Å². The highest BCUT2D eigenvalue weighted by Crippen LogP contribution is 2.43. The van der Waals surface area contributed by atoms with Gasteiger partial charge in [-0.05, 0) is 30.6 Å². The van der Waals surface area contributed by atoms with Gasteiger partial charge in [0.2, 0.25) is 5.91 Å². The first-order valence-electron chi connectivity index (χ1n) is 7.16. The minimum Gasteiger partial charge on any atom is -0.394 e. The Morgan fingerprint density at radius 2 is 1.95 bits per heavy atom. The minimum absolute atomic E-state index is 0.0237. The molecule has 1 amide bonds. The van der Waals surface area contributed by atoms with E-state index in [2.05, 4.69) is 26.1 Å². The summed E-state index contributed by atoms with van der Waals surface area (Å²) in [5.74, 6) is -0.331. The predicted molar refractivity (Wildman–Crippen MR) is 73.7 cm³/mol. The molecule has 1 rings (SSSR count). The zero-order chi connectivity index (χ0) is 16.3. The highest BCUT2D eigenvalue weighted by Gasteiger charge is 2.42. The van der Waals surface area contributed by atoms with Crippen molar-refractivity contribution in [1.82, 2.24) is 10.6 Å². The van der Waals surface area contributed by atoms with E-state index in [4.69, 9.17) is 0 Å². The van der Waals surface area contributed by atoms with E-state index in [-0.39, 0.29) is 18.6 Å². The SMILES string of the molecule is C[C@@H]1CC(C)(C)C[C@](CO)(NCC(=O)NCC(F)(F)F)C1. The molecule has 4 nitrogen and oxygen atoms in total. The molecule has 1 aliphatic rings. The van der Waals surface area contributed by atoms with Crippen molar-refractivity contribution in [3.8, 4) is 0 Å². The van der Waals surface area contributed by atoms with Gasteiger partial charge in [0.1, 0.15) is 6.54 Å². The van der Waals surface area contributed by atoms with Gasteiger partial charge in [0.25, 0.3) is 0 Å². The highest BCUT2D eigenvalue weighted by molar-refractivity contribution is 5.78. The summed E-state index contributed by atoms with van der Waals surface area (Å²) in [6, 6.07) is 0. The summed E-state index contributed by atoms with van der Waals surface area (Å²) in [6.45, 7) is 4.59. The van der Waals surface area contributed by atoms with Crippen LogP contribution in [0.25, 0.3) is 0 Å². The van der Waals surface area contributed by atoms with Crippen LogP contribution >= 0.6 is 0 Å². The lowest BCUT2D eigenvalue weighted by atomic mass is 9.64. The van der Waals surface area contributed by atoms with Gasteiger partial charge in [-0.1, -0.05) is 20.8 Å². The van der Waals surface area contributed by atoms with Crippen LogP contribution in [0.2, 0.25) is 0 Å². The number of carbonyl (C=O) groups excluding carboxylic acids is 1. The molecule has 0 aromatic rings. The van der Waals surface area contributed by atoms with Crippen molar-refractivity contribution in [2.75, 3.05) is 19.7 Å². The van der Waals surface area contributed by atoms with Crippen LogP contribution in [0.1, 0.15) is 40.0 Å². The Kier molecular flexibility index (Phi) is 5.66. The first-order chi connectivity index (χ1) is 9.47. The Hall–Kier alpha value is -0.820. The van der Waals surface area contributed by atoms with Crippen molar-refractivity contribution in [2.45, 2.75) is 51.7 Å². The standard InChI is InChI=1S/C14H25F3N2O2/c1-10-4-12(2,3)7-13(5-10,9-20)19-6-11(21)18-8-14(15,16)17/h10,19-20H,4-9H2,1-3H3,(H,18,21)/t10-,13-/m1/s1. The Bertz CT molecular complexity index is 372. The molecule has 0 aromatic carbocycles. The molecule has 1 aliphatic carbocycles. The maximum Gasteiger partial charge on any atom is 0.405 e. The van der Waals surface area contributed by atoms with Gasteiger partial charge in [-0.25, -0.2) is 0 Å². The lowest BCUT2D eigenvalue weighted by Gasteiger charge is -2.47. The maximum absolute atomic E-state index is 12.0. The maximum atomic E-state index is 12.0. The third kappa shape index (κ3) is 6.22. The fraction of sp³-hybridized carbons (Fsp3) is 0.929. The van der Waals surface area contributed by atoms with Crippen LogP contribution in [0.5, 0.6) is 0 Å².